The summed E-state index contributed by atoms with van der Waals surface area (Å²) < 4.78 is 5.89. The number of hydrogen-bond donors (Lipinski definition) is 1. The number of aryl methyl sites for hydroxylation is 1. The molecule has 0 amide bonds. The van der Waals surface area contributed by atoms with Crippen molar-refractivity contribution in [2.24, 2.45) is 0 Å². The highest BCUT2D eigenvalue weighted by Gasteiger charge is 2.27. The average molecular weight is 212 g/mol. The van der Waals surface area contributed by atoms with Gasteiger partial charge in [-0.3, -0.25) is 0 Å². The number of aromatic nitrogens is 1. The lowest BCUT2D eigenvalue weighted by molar-refractivity contribution is 0.0459. The SMILES string of the molecule is CNCC1CCC(c2ncc(C)s2)O1. The Balaban J connectivity index is 1.95. The van der Waals surface area contributed by atoms with Crippen LogP contribution in [-0.2, 0) is 4.74 Å². The summed E-state index contributed by atoms with van der Waals surface area (Å²) in [4.78, 5) is 5.63. The van der Waals surface area contributed by atoms with Crippen LogP contribution in [0.2, 0.25) is 0 Å². The van der Waals surface area contributed by atoms with Crippen molar-refractivity contribution in [1.82, 2.24) is 10.3 Å². The van der Waals surface area contributed by atoms with Crippen molar-refractivity contribution in [2.45, 2.75) is 32.0 Å². The Kier molecular flexibility index (Phi) is 3.15. The van der Waals surface area contributed by atoms with Gasteiger partial charge in [0.25, 0.3) is 0 Å². The van der Waals surface area contributed by atoms with E-state index in [-0.39, 0.29) is 6.10 Å². The molecule has 1 aliphatic heterocycles. The quantitative estimate of drug-likeness (QED) is 0.831. The third-order valence-electron chi connectivity index (χ3n) is 2.45. The van der Waals surface area contributed by atoms with E-state index < -0.39 is 0 Å². The molecule has 0 saturated carbocycles. The Morgan fingerprint density at radius 2 is 2.50 bits per heavy atom. The van der Waals surface area contributed by atoms with Gasteiger partial charge in [-0.1, -0.05) is 0 Å². The van der Waals surface area contributed by atoms with E-state index in [1.165, 1.54) is 4.88 Å². The second kappa shape index (κ2) is 4.38. The minimum absolute atomic E-state index is 0.243. The van der Waals surface area contributed by atoms with Crippen LogP contribution in [-0.4, -0.2) is 24.7 Å². The number of hydrogen-bond acceptors (Lipinski definition) is 4. The van der Waals surface area contributed by atoms with Crippen molar-refractivity contribution < 1.29 is 4.74 Å². The third kappa shape index (κ3) is 2.13. The maximum Gasteiger partial charge on any atom is 0.122 e. The van der Waals surface area contributed by atoms with Gasteiger partial charge in [0.05, 0.1) is 6.10 Å². The third-order valence-corrected chi connectivity index (χ3v) is 3.46. The molecule has 0 aromatic carbocycles. The van der Waals surface area contributed by atoms with Gasteiger partial charge in [-0.2, -0.15) is 0 Å². The van der Waals surface area contributed by atoms with Gasteiger partial charge < -0.3 is 10.1 Å². The molecule has 1 N–H and O–H groups in total. The molecule has 4 heteroatoms. The summed E-state index contributed by atoms with van der Waals surface area (Å²) in [6, 6.07) is 0. The van der Waals surface area contributed by atoms with E-state index in [4.69, 9.17) is 4.74 Å². The fourth-order valence-electron chi connectivity index (χ4n) is 1.79. The van der Waals surface area contributed by atoms with Crippen molar-refractivity contribution in [1.29, 1.82) is 0 Å². The molecule has 2 atom stereocenters. The molecule has 1 fully saturated rings. The summed E-state index contributed by atoms with van der Waals surface area (Å²) >= 11 is 1.75. The summed E-state index contributed by atoms with van der Waals surface area (Å²) in [5, 5.41) is 4.28. The second-order valence-corrected chi connectivity index (χ2v) is 4.96. The summed E-state index contributed by atoms with van der Waals surface area (Å²) in [5.74, 6) is 0. The summed E-state index contributed by atoms with van der Waals surface area (Å²) in [7, 11) is 1.96. The fraction of sp³-hybridized carbons (Fsp3) is 0.700. The molecule has 2 rings (SSSR count). The van der Waals surface area contributed by atoms with Crippen LogP contribution in [0.3, 0.4) is 0 Å². The lowest BCUT2D eigenvalue weighted by atomic mass is 10.2. The highest BCUT2D eigenvalue weighted by molar-refractivity contribution is 7.11. The number of nitrogens with zero attached hydrogens (tertiary/aromatic N) is 1. The van der Waals surface area contributed by atoms with E-state index in [0.29, 0.717) is 6.10 Å². The lowest BCUT2D eigenvalue weighted by Crippen LogP contribution is -2.22. The predicted octanol–water partition coefficient (Wildman–Crippen LogP) is 1.89. The van der Waals surface area contributed by atoms with Crippen LogP contribution in [0.4, 0.5) is 0 Å². The van der Waals surface area contributed by atoms with E-state index in [1.807, 2.05) is 13.2 Å². The van der Waals surface area contributed by atoms with Crippen molar-refractivity contribution in [3.05, 3.63) is 16.1 Å². The van der Waals surface area contributed by atoms with Gasteiger partial charge >= 0.3 is 0 Å². The zero-order valence-corrected chi connectivity index (χ0v) is 9.43. The molecule has 78 valence electrons. The average Bonchev–Trinajstić information content (AvgIpc) is 2.74. The van der Waals surface area contributed by atoms with Gasteiger partial charge in [0.2, 0.25) is 0 Å². The highest BCUT2D eigenvalue weighted by atomic mass is 32.1. The summed E-state index contributed by atoms with van der Waals surface area (Å²) in [6.45, 7) is 3.03. The largest absolute Gasteiger partial charge is 0.366 e. The van der Waals surface area contributed by atoms with Crippen LogP contribution in [0.15, 0.2) is 6.20 Å². The van der Waals surface area contributed by atoms with Crippen molar-refractivity contribution in [2.75, 3.05) is 13.6 Å². The monoisotopic (exact) mass is 212 g/mol. The van der Waals surface area contributed by atoms with Crippen molar-refractivity contribution in [3.63, 3.8) is 0 Å². The van der Waals surface area contributed by atoms with Crippen LogP contribution in [0.1, 0.15) is 28.8 Å². The fourth-order valence-corrected chi connectivity index (χ4v) is 2.63. The lowest BCUT2D eigenvalue weighted by Gasteiger charge is -2.10. The summed E-state index contributed by atoms with van der Waals surface area (Å²) in [6.07, 6.45) is 4.79. The molecule has 0 bridgehead atoms. The van der Waals surface area contributed by atoms with Crippen LogP contribution < -0.4 is 5.32 Å². The van der Waals surface area contributed by atoms with Gasteiger partial charge in [0, 0.05) is 17.6 Å². The van der Waals surface area contributed by atoms with Crippen LogP contribution in [0.25, 0.3) is 0 Å². The predicted molar refractivity (Wildman–Crippen MR) is 57.6 cm³/mol. The Morgan fingerprint density at radius 3 is 3.14 bits per heavy atom. The van der Waals surface area contributed by atoms with Crippen molar-refractivity contribution >= 4 is 11.3 Å². The van der Waals surface area contributed by atoms with Crippen LogP contribution >= 0.6 is 11.3 Å². The Morgan fingerprint density at radius 1 is 1.64 bits per heavy atom. The molecule has 2 heterocycles. The molecule has 0 radical (unpaired) electrons. The second-order valence-electron chi connectivity index (χ2n) is 3.69. The van der Waals surface area contributed by atoms with Gasteiger partial charge in [0.15, 0.2) is 0 Å². The Bertz CT molecular complexity index is 300. The van der Waals surface area contributed by atoms with Crippen LogP contribution in [0.5, 0.6) is 0 Å². The molecule has 1 aromatic rings. The number of rotatable bonds is 3. The number of likely N-dealkylation sites (N-methyl/N-ethyl adjacent to an activating group) is 1. The first kappa shape index (κ1) is 10.1. The van der Waals surface area contributed by atoms with E-state index in [1.54, 1.807) is 11.3 Å². The first-order valence-electron chi connectivity index (χ1n) is 5.02. The molecule has 2 unspecified atom stereocenters. The van der Waals surface area contributed by atoms with Gasteiger partial charge in [-0.15, -0.1) is 11.3 Å². The van der Waals surface area contributed by atoms with Gasteiger partial charge in [0.1, 0.15) is 11.1 Å². The minimum Gasteiger partial charge on any atom is -0.366 e. The van der Waals surface area contributed by atoms with E-state index in [9.17, 15) is 0 Å². The zero-order valence-electron chi connectivity index (χ0n) is 8.62. The maximum atomic E-state index is 5.89. The van der Waals surface area contributed by atoms with Gasteiger partial charge in [-0.05, 0) is 26.8 Å². The molecular weight excluding hydrogens is 196 g/mol. The molecular formula is C10H16N2OS. The number of thiazole rings is 1. The standard InChI is InChI=1S/C10H16N2OS/c1-7-5-12-10(14-7)9-4-3-8(13-9)6-11-2/h5,8-9,11H,3-4,6H2,1-2H3. The maximum absolute atomic E-state index is 5.89. The number of ether oxygens (including phenoxy) is 1. The molecule has 3 nitrogen and oxygen atoms in total. The minimum atomic E-state index is 0.243. The van der Waals surface area contributed by atoms with E-state index in [0.717, 1.165) is 24.4 Å². The summed E-state index contributed by atoms with van der Waals surface area (Å²) in [5.41, 5.74) is 0. The normalized spacial score (nSPS) is 27.0. The molecule has 1 aromatic heterocycles. The highest BCUT2D eigenvalue weighted by Crippen LogP contribution is 2.34. The van der Waals surface area contributed by atoms with Crippen LogP contribution in [0, 0.1) is 6.92 Å². The molecule has 0 spiro atoms. The molecule has 1 aliphatic rings. The Labute approximate surface area is 88.5 Å². The zero-order chi connectivity index (χ0) is 9.97. The first-order valence-corrected chi connectivity index (χ1v) is 5.83. The topological polar surface area (TPSA) is 34.2 Å². The van der Waals surface area contributed by atoms with Gasteiger partial charge in [-0.25, -0.2) is 4.98 Å². The smallest absolute Gasteiger partial charge is 0.122 e. The first-order chi connectivity index (χ1) is 6.79. The number of nitrogens with one attached hydrogen (secondary N) is 1. The van der Waals surface area contributed by atoms with E-state index >= 15 is 0 Å². The molecule has 1 saturated heterocycles. The van der Waals surface area contributed by atoms with Crippen molar-refractivity contribution in [3.8, 4) is 0 Å². The molecule has 14 heavy (non-hydrogen) atoms. The molecule has 0 aliphatic carbocycles. The van der Waals surface area contributed by atoms with E-state index in [2.05, 4.69) is 17.2 Å². The Hall–Kier alpha value is -0.450.